The average molecular weight is 340 g/mol. The molecular formula is C19H20N2O2S. The molecule has 0 fully saturated rings. The zero-order chi connectivity index (χ0) is 17.1. The fourth-order valence-corrected chi connectivity index (χ4v) is 4.41. The fourth-order valence-electron chi connectivity index (χ4n) is 2.99. The average Bonchev–Trinajstić information content (AvgIpc) is 2.90. The Kier molecular flexibility index (Phi) is 4.81. The van der Waals surface area contributed by atoms with Gasteiger partial charge in [-0.3, -0.25) is 9.59 Å². The van der Waals surface area contributed by atoms with Gasteiger partial charge in [0.05, 0.1) is 5.56 Å². The highest BCUT2D eigenvalue weighted by molar-refractivity contribution is 7.17. The first-order valence-electron chi connectivity index (χ1n) is 8.03. The van der Waals surface area contributed by atoms with Gasteiger partial charge < -0.3 is 11.1 Å². The van der Waals surface area contributed by atoms with Crippen LogP contribution in [0.3, 0.4) is 0 Å². The van der Waals surface area contributed by atoms with Gasteiger partial charge in [0, 0.05) is 11.0 Å². The van der Waals surface area contributed by atoms with Gasteiger partial charge in [-0.1, -0.05) is 37.3 Å². The molecule has 4 nitrogen and oxygen atoms in total. The second-order valence-electron chi connectivity index (χ2n) is 6.15. The molecule has 1 heterocycles. The molecule has 0 unspecified atom stereocenters. The molecule has 24 heavy (non-hydrogen) atoms. The van der Waals surface area contributed by atoms with E-state index in [-0.39, 0.29) is 5.91 Å². The lowest BCUT2D eigenvalue weighted by Crippen LogP contribution is -2.18. The van der Waals surface area contributed by atoms with Crippen molar-refractivity contribution in [3.63, 3.8) is 0 Å². The van der Waals surface area contributed by atoms with Crippen LogP contribution in [0, 0.1) is 5.92 Å². The zero-order valence-electron chi connectivity index (χ0n) is 13.5. The van der Waals surface area contributed by atoms with E-state index in [0.29, 0.717) is 16.5 Å². The third-order valence-electron chi connectivity index (χ3n) is 4.22. The Bertz CT molecular complexity index is 793. The molecule has 0 aliphatic heterocycles. The van der Waals surface area contributed by atoms with Crippen LogP contribution < -0.4 is 11.1 Å². The summed E-state index contributed by atoms with van der Waals surface area (Å²) in [6, 6.07) is 9.59. The fraction of sp³-hybridized carbons (Fsp3) is 0.263. The number of thiophene rings is 1. The number of fused-ring (bicyclic) bond motifs is 1. The number of hydrogen-bond acceptors (Lipinski definition) is 3. The van der Waals surface area contributed by atoms with Crippen molar-refractivity contribution in [2.45, 2.75) is 26.2 Å². The van der Waals surface area contributed by atoms with Crippen LogP contribution in [0.5, 0.6) is 0 Å². The third kappa shape index (κ3) is 3.57. The number of rotatable bonds is 4. The number of benzene rings is 1. The Hall–Kier alpha value is -2.40. The van der Waals surface area contributed by atoms with Crippen LogP contribution in [-0.4, -0.2) is 11.8 Å². The van der Waals surface area contributed by atoms with Crippen molar-refractivity contribution < 1.29 is 9.59 Å². The van der Waals surface area contributed by atoms with E-state index in [1.54, 1.807) is 6.08 Å². The minimum atomic E-state index is -0.468. The quantitative estimate of drug-likeness (QED) is 0.834. The van der Waals surface area contributed by atoms with Gasteiger partial charge in [0.15, 0.2) is 0 Å². The van der Waals surface area contributed by atoms with Crippen molar-refractivity contribution in [1.29, 1.82) is 0 Å². The summed E-state index contributed by atoms with van der Waals surface area (Å²) in [5.74, 6) is -0.129. The maximum absolute atomic E-state index is 12.2. The van der Waals surface area contributed by atoms with Crippen LogP contribution in [0.25, 0.3) is 6.08 Å². The van der Waals surface area contributed by atoms with Crippen molar-refractivity contribution in [3.8, 4) is 0 Å². The second-order valence-corrected chi connectivity index (χ2v) is 7.26. The van der Waals surface area contributed by atoms with Gasteiger partial charge in [-0.2, -0.15) is 0 Å². The lowest BCUT2D eigenvalue weighted by atomic mass is 9.88. The second kappa shape index (κ2) is 7.01. The predicted molar refractivity (Wildman–Crippen MR) is 98.1 cm³/mol. The largest absolute Gasteiger partial charge is 0.365 e. The summed E-state index contributed by atoms with van der Waals surface area (Å²) in [7, 11) is 0. The maximum atomic E-state index is 12.2. The lowest BCUT2D eigenvalue weighted by Gasteiger charge is -2.18. The number of carbonyl (C=O) groups is 2. The predicted octanol–water partition coefficient (Wildman–Crippen LogP) is 3.62. The van der Waals surface area contributed by atoms with Gasteiger partial charge in [0.25, 0.3) is 5.91 Å². The highest BCUT2D eigenvalue weighted by atomic mass is 32.1. The van der Waals surface area contributed by atoms with Crippen molar-refractivity contribution >= 4 is 34.2 Å². The number of primary amides is 1. The molecule has 1 atom stereocenters. The molecule has 1 aliphatic rings. The molecule has 2 aromatic rings. The number of hydrogen-bond donors (Lipinski definition) is 2. The van der Waals surface area contributed by atoms with Gasteiger partial charge in [0.2, 0.25) is 5.91 Å². The van der Waals surface area contributed by atoms with Crippen LogP contribution in [0.1, 0.15) is 39.7 Å². The highest BCUT2D eigenvalue weighted by Crippen LogP contribution is 2.39. The van der Waals surface area contributed by atoms with E-state index in [1.807, 2.05) is 30.3 Å². The molecule has 0 radical (unpaired) electrons. The van der Waals surface area contributed by atoms with Crippen molar-refractivity contribution in [2.24, 2.45) is 11.7 Å². The van der Waals surface area contributed by atoms with Gasteiger partial charge in [-0.15, -0.1) is 11.3 Å². The summed E-state index contributed by atoms with van der Waals surface area (Å²) in [5.41, 5.74) is 8.01. The first-order chi connectivity index (χ1) is 11.5. The molecule has 0 bridgehead atoms. The van der Waals surface area contributed by atoms with Crippen molar-refractivity contribution in [2.75, 3.05) is 5.32 Å². The number of amides is 2. The Labute approximate surface area is 145 Å². The topological polar surface area (TPSA) is 72.2 Å². The van der Waals surface area contributed by atoms with Crippen LogP contribution in [-0.2, 0) is 17.6 Å². The molecule has 1 aromatic carbocycles. The van der Waals surface area contributed by atoms with Crippen LogP contribution in [0.4, 0.5) is 5.00 Å². The van der Waals surface area contributed by atoms with E-state index in [2.05, 4.69) is 12.2 Å². The number of nitrogens with two attached hydrogens (primary N) is 1. The first kappa shape index (κ1) is 16.5. The number of nitrogens with one attached hydrogen (secondary N) is 1. The minimum Gasteiger partial charge on any atom is -0.365 e. The van der Waals surface area contributed by atoms with Gasteiger partial charge in [0.1, 0.15) is 5.00 Å². The van der Waals surface area contributed by atoms with E-state index in [4.69, 9.17) is 5.73 Å². The SMILES string of the molecule is C[C@H]1CCc2c(sc(NC(=O)/C=C/c3ccccc3)c2C(N)=O)C1. The monoisotopic (exact) mass is 340 g/mol. The van der Waals surface area contributed by atoms with Crippen LogP contribution >= 0.6 is 11.3 Å². The standard InChI is InChI=1S/C19H20N2O2S/c1-12-7-9-14-15(11-12)24-19(17(14)18(20)23)21-16(22)10-8-13-5-3-2-4-6-13/h2-6,8,10,12H,7,9,11H2,1H3,(H2,20,23)(H,21,22)/b10-8+/t12-/m0/s1. The van der Waals surface area contributed by atoms with E-state index < -0.39 is 5.91 Å². The van der Waals surface area contributed by atoms with E-state index in [1.165, 1.54) is 22.3 Å². The van der Waals surface area contributed by atoms with Crippen molar-refractivity contribution in [1.82, 2.24) is 0 Å². The summed E-state index contributed by atoms with van der Waals surface area (Å²) in [6.07, 6.45) is 6.05. The maximum Gasteiger partial charge on any atom is 0.251 e. The Balaban J connectivity index is 1.81. The molecule has 3 N–H and O–H groups in total. The smallest absolute Gasteiger partial charge is 0.251 e. The molecule has 124 valence electrons. The molecule has 1 aromatic heterocycles. The van der Waals surface area contributed by atoms with Gasteiger partial charge >= 0.3 is 0 Å². The summed E-state index contributed by atoms with van der Waals surface area (Å²) in [4.78, 5) is 25.2. The summed E-state index contributed by atoms with van der Waals surface area (Å²) >= 11 is 1.48. The zero-order valence-corrected chi connectivity index (χ0v) is 14.4. The summed E-state index contributed by atoms with van der Waals surface area (Å²) < 4.78 is 0. The summed E-state index contributed by atoms with van der Waals surface area (Å²) in [6.45, 7) is 2.20. The van der Waals surface area contributed by atoms with Crippen molar-refractivity contribution in [3.05, 3.63) is 58.0 Å². The highest BCUT2D eigenvalue weighted by Gasteiger charge is 2.26. The Morgan fingerprint density at radius 1 is 1.29 bits per heavy atom. The van der Waals surface area contributed by atoms with E-state index >= 15 is 0 Å². The molecule has 2 amide bonds. The normalized spacial score (nSPS) is 16.8. The van der Waals surface area contributed by atoms with Crippen LogP contribution in [0.15, 0.2) is 36.4 Å². The lowest BCUT2D eigenvalue weighted by molar-refractivity contribution is -0.111. The molecule has 1 aliphatic carbocycles. The number of carbonyl (C=O) groups excluding carboxylic acids is 2. The molecule has 0 spiro atoms. The van der Waals surface area contributed by atoms with Gasteiger partial charge in [-0.05, 0) is 42.4 Å². The number of anilines is 1. The third-order valence-corrected chi connectivity index (χ3v) is 5.39. The molecule has 5 heteroatoms. The first-order valence-corrected chi connectivity index (χ1v) is 8.84. The molecule has 0 saturated carbocycles. The van der Waals surface area contributed by atoms with Gasteiger partial charge in [-0.25, -0.2) is 0 Å². The summed E-state index contributed by atoms with van der Waals surface area (Å²) in [5, 5.41) is 3.40. The Morgan fingerprint density at radius 3 is 2.75 bits per heavy atom. The molecule has 3 rings (SSSR count). The van der Waals surface area contributed by atoms with Crippen LogP contribution in [0.2, 0.25) is 0 Å². The minimum absolute atomic E-state index is 0.256. The van der Waals surface area contributed by atoms with E-state index in [9.17, 15) is 9.59 Å². The molecule has 0 saturated heterocycles. The van der Waals surface area contributed by atoms with E-state index in [0.717, 1.165) is 30.4 Å². The molecular weight excluding hydrogens is 320 g/mol. The Morgan fingerprint density at radius 2 is 2.04 bits per heavy atom.